The van der Waals surface area contributed by atoms with E-state index in [1.165, 1.54) is 0 Å². The van der Waals surface area contributed by atoms with Crippen molar-refractivity contribution in [2.24, 2.45) is 0 Å². The zero-order chi connectivity index (χ0) is 59.4. The van der Waals surface area contributed by atoms with Gasteiger partial charge in [-0.3, -0.25) is 0 Å². The summed E-state index contributed by atoms with van der Waals surface area (Å²) in [5.41, 5.74) is -8.92. The lowest BCUT2D eigenvalue weighted by Gasteiger charge is -2.26. The fourth-order valence-corrected chi connectivity index (χ4v) is 7.07. The molecule has 8 aromatic carbocycles. The van der Waals surface area contributed by atoms with Crippen LogP contribution in [0.2, 0.25) is 0 Å². The first kappa shape index (κ1) is 12.6. The van der Waals surface area contributed by atoms with Gasteiger partial charge in [0.1, 0.15) is 22.3 Å². The Morgan fingerprint density at radius 3 is 1.98 bits per heavy atom. The van der Waals surface area contributed by atoms with Crippen LogP contribution in [-0.4, -0.2) is 0 Å². The first-order valence-corrected chi connectivity index (χ1v) is 16.0. The van der Waals surface area contributed by atoms with Crippen LogP contribution in [0.15, 0.2) is 184 Å². The van der Waals surface area contributed by atoms with Crippen molar-refractivity contribution >= 4 is 92.4 Å². The van der Waals surface area contributed by atoms with E-state index in [2.05, 4.69) is 0 Å². The molecule has 0 aliphatic heterocycles. The second-order valence-electron chi connectivity index (χ2n) is 11.0. The molecule has 11 aromatic rings. The topological polar surface area (TPSA) is 29.5 Å². The average Bonchev–Trinajstić information content (AvgIpc) is 4.33. The highest BCUT2D eigenvalue weighted by molar-refractivity contribution is 7.26. The van der Waals surface area contributed by atoms with E-state index in [0.717, 1.165) is 0 Å². The Kier molecular flexibility index (Phi) is 2.77. The Morgan fingerprint density at radius 2 is 1.12 bits per heavy atom. The third kappa shape index (κ3) is 4.45. The summed E-state index contributed by atoms with van der Waals surface area (Å²) in [5, 5.41) is -2.96. The summed E-state index contributed by atoms with van der Waals surface area (Å²) in [6.07, 6.45) is 0. The lowest BCUT2D eigenvalue weighted by molar-refractivity contribution is 0.669. The lowest BCUT2D eigenvalue weighted by atomic mass is 9.96. The van der Waals surface area contributed by atoms with Gasteiger partial charge in [0, 0.05) is 59.3 Å². The minimum Gasteiger partial charge on any atom is -0.456 e. The number of fused-ring (bicyclic) bond motifs is 9. The molecule has 11 rings (SSSR count). The van der Waals surface area contributed by atoms with Gasteiger partial charge < -0.3 is 13.7 Å². The summed E-state index contributed by atoms with van der Waals surface area (Å²) in [7, 11) is 0. The molecule has 3 aromatic heterocycles. The Balaban J connectivity index is 1.36. The SMILES string of the molecule is [2H]c1c([2H])c([2H])c(N(c2c([2H])c([2H])c3c(oc4c([2H])c([2H])c([2H])c([2H])c43)c2[2H])c2c([2H])c([2H])c(-c3c([2H])c([2H])c([2H])c(-c4c([2H])c([2H])c([2H])c5c4sc4c([2H])c([2H])c([2H])c([2H])c45)c3[2H])c3oc4c([2H])c([2H])c([2H])c([2H])c4c23)c([2H])c1[2H]. The zero-order valence-electron chi connectivity index (χ0n) is 54.7. The van der Waals surface area contributed by atoms with E-state index in [-0.39, 0.29) is 20.2 Å². The summed E-state index contributed by atoms with van der Waals surface area (Å²) < 4.78 is 273. The number of hydrogen-bond acceptors (Lipinski definition) is 4. The maximum Gasteiger partial charge on any atom is 0.145 e. The number of benzene rings is 8. The number of rotatable bonds is 5. The molecule has 52 heavy (non-hydrogen) atoms. The Labute approximate surface area is 343 Å². The molecule has 3 heterocycles. The van der Waals surface area contributed by atoms with Crippen LogP contribution in [-0.2, 0) is 0 Å². The molecule has 0 radical (unpaired) electrons. The fourth-order valence-electron chi connectivity index (χ4n) is 6.00. The van der Waals surface area contributed by atoms with Gasteiger partial charge in [0.2, 0.25) is 0 Å². The number of anilines is 3. The number of para-hydroxylation sites is 3. The molecule has 0 bridgehead atoms. The van der Waals surface area contributed by atoms with Gasteiger partial charge in [0.05, 0.1) is 50.8 Å². The molecular formula is C48H29NO2S. The van der Waals surface area contributed by atoms with Gasteiger partial charge in [-0.15, -0.1) is 11.3 Å². The van der Waals surface area contributed by atoms with Gasteiger partial charge in [-0.05, 0) is 77.1 Å². The number of thiophene rings is 1. The maximum absolute atomic E-state index is 10.0. The standard InChI is InChI=1S/C48H29NO2S/c1-2-14-32(15-3-1)49(33-24-25-37-36-16-4-7-21-42(36)50-44(37)29-33)41-27-26-34(47-46(41)40-18-5-8-22-43(40)51-47)30-12-10-13-31(28-30)35-19-11-20-39-38-17-6-9-23-45(38)52-48(35)39/h1-29H/i1D,2D,3D,4D,5D,6D,7D,8D,9D,10D,11D,12D,13D,14D,15D,16D,17D,18D,19D,20D,21D,22D,23D,24D,25D,26D,27D,28D,29D. The number of hydrogen-bond donors (Lipinski definition) is 0. The highest BCUT2D eigenvalue weighted by atomic mass is 32.1. The van der Waals surface area contributed by atoms with Crippen LogP contribution in [0.1, 0.15) is 39.8 Å². The molecule has 0 atom stereocenters. The monoisotopic (exact) mass is 712 g/mol. The van der Waals surface area contributed by atoms with Crippen LogP contribution >= 0.6 is 11.3 Å². The van der Waals surface area contributed by atoms with Gasteiger partial charge in [-0.25, -0.2) is 0 Å². The summed E-state index contributed by atoms with van der Waals surface area (Å²) in [4.78, 5) is 0.499. The molecule has 0 fully saturated rings. The smallest absolute Gasteiger partial charge is 0.145 e. The van der Waals surface area contributed by atoms with E-state index >= 15 is 0 Å². The minimum absolute atomic E-state index is 0.150. The molecule has 244 valence electrons. The van der Waals surface area contributed by atoms with Crippen LogP contribution in [0, 0.1) is 0 Å². The normalized spacial score (nSPS) is 19.7. The minimum atomic E-state index is -1.21. The first-order chi connectivity index (χ1) is 37.9. The quantitative estimate of drug-likeness (QED) is 0.178. The van der Waals surface area contributed by atoms with Gasteiger partial charge in [-0.1, -0.05) is 109 Å². The fraction of sp³-hybridized carbons (Fsp3) is 0. The van der Waals surface area contributed by atoms with Crippen LogP contribution < -0.4 is 4.90 Å². The molecule has 0 aliphatic rings. The van der Waals surface area contributed by atoms with E-state index < -0.39 is 258 Å². The number of furan rings is 2. The molecular weight excluding hydrogens is 655 g/mol. The van der Waals surface area contributed by atoms with E-state index in [1.54, 1.807) is 0 Å². The summed E-state index contributed by atoms with van der Waals surface area (Å²) in [5.74, 6) is 0. The van der Waals surface area contributed by atoms with Crippen molar-refractivity contribution in [1.82, 2.24) is 0 Å². The largest absolute Gasteiger partial charge is 0.456 e. The molecule has 0 aliphatic carbocycles. The van der Waals surface area contributed by atoms with Gasteiger partial charge in [-0.2, -0.15) is 0 Å². The molecule has 3 nitrogen and oxygen atoms in total. The summed E-state index contributed by atoms with van der Waals surface area (Å²) in [6, 6.07) is -26.7. The van der Waals surface area contributed by atoms with Gasteiger partial charge in [0.25, 0.3) is 0 Å². The second-order valence-corrected chi connectivity index (χ2v) is 12.1. The predicted octanol–water partition coefficient (Wildman–Crippen LogP) is 14.7. The van der Waals surface area contributed by atoms with E-state index in [9.17, 15) is 17.8 Å². The van der Waals surface area contributed by atoms with E-state index in [0.29, 0.717) is 16.2 Å². The van der Waals surface area contributed by atoms with Gasteiger partial charge >= 0.3 is 0 Å². The van der Waals surface area contributed by atoms with E-state index in [4.69, 9.17) is 30.8 Å². The molecule has 0 saturated carbocycles. The Morgan fingerprint density at radius 1 is 0.442 bits per heavy atom. The van der Waals surface area contributed by atoms with Crippen LogP contribution in [0.3, 0.4) is 0 Å². The summed E-state index contributed by atoms with van der Waals surface area (Å²) >= 11 is 0.611. The first-order valence-electron chi connectivity index (χ1n) is 29.6. The molecule has 0 unspecified atom stereocenters. The van der Waals surface area contributed by atoms with Gasteiger partial charge in [0.15, 0.2) is 0 Å². The van der Waals surface area contributed by atoms with Crippen molar-refractivity contribution in [3.05, 3.63) is 175 Å². The number of nitrogens with zero attached hydrogens (tertiary/aromatic N) is 1. The highest BCUT2D eigenvalue weighted by Gasteiger charge is 2.23. The average molecular weight is 713 g/mol. The third-order valence-electron chi connectivity index (χ3n) is 8.20. The molecule has 0 spiro atoms. The van der Waals surface area contributed by atoms with Crippen molar-refractivity contribution in [3.63, 3.8) is 0 Å². The van der Waals surface area contributed by atoms with Crippen LogP contribution in [0.4, 0.5) is 17.1 Å². The maximum atomic E-state index is 10.0. The van der Waals surface area contributed by atoms with Crippen LogP contribution in [0.5, 0.6) is 0 Å². The Bertz CT molecular complexity index is 4800. The predicted molar refractivity (Wildman–Crippen MR) is 219 cm³/mol. The van der Waals surface area contributed by atoms with Crippen molar-refractivity contribution in [3.8, 4) is 22.3 Å². The molecule has 0 amide bonds. The second kappa shape index (κ2) is 11.5. The van der Waals surface area contributed by atoms with Crippen molar-refractivity contribution < 1.29 is 48.6 Å². The third-order valence-corrected chi connectivity index (χ3v) is 9.32. The van der Waals surface area contributed by atoms with Crippen molar-refractivity contribution in [2.45, 2.75) is 0 Å². The molecule has 0 saturated heterocycles. The van der Waals surface area contributed by atoms with Crippen LogP contribution in [0.25, 0.3) is 86.3 Å². The lowest BCUT2D eigenvalue weighted by Crippen LogP contribution is -2.10. The van der Waals surface area contributed by atoms with Crippen molar-refractivity contribution in [1.29, 1.82) is 0 Å². The van der Waals surface area contributed by atoms with E-state index in [1.807, 2.05) is 0 Å². The van der Waals surface area contributed by atoms with Crippen molar-refractivity contribution in [2.75, 3.05) is 4.90 Å². The highest BCUT2D eigenvalue weighted by Crippen LogP contribution is 2.47. The molecule has 4 heteroatoms. The summed E-state index contributed by atoms with van der Waals surface area (Å²) in [6.45, 7) is 0. The zero-order valence-corrected chi connectivity index (χ0v) is 26.5. The molecule has 0 N–H and O–H groups in total. The Hall–Kier alpha value is -6.62.